The van der Waals surface area contributed by atoms with Gasteiger partial charge >= 0.3 is 0 Å². The van der Waals surface area contributed by atoms with Crippen molar-refractivity contribution in [2.24, 2.45) is 0 Å². The highest BCUT2D eigenvalue weighted by Gasteiger charge is 1.88. The van der Waals surface area contributed by atoms with Crippen LogP contribution in [-0.4, -0.2) is 46.4 Å². The molecule has 0 aromatic carbocycles. The van der Waals surface area contributed by atoms with E-state index in [-0.39, 0.29) is 58.1 Å². The fraction of sp³-hybridized carbons (Fsp3) is 1.00. The van der Waals surface area contributed by atoms with E-state index >= 15 is 0 Å². The van der Waals surface area contributed by atoms with Gasteiger partial charge in [-0.15, -0.1) is 0 Å². The molecule has 0 atom stereocenters. The van der Waals surface area contributed by atoms with E-state index in [1.807, 2.05) is 19.0 Å². The normalized spacial score (nSPS) is 6.75. The van der Waals surface area contributed by atoms with E-state index in [1.165, 1.54) is 0 Å². The van der Waals surface area contributed by atoms with Gasteiger partial charge in [0.2, 0.25) is 0 Å². The Kier molecular flexibility index (Phi) is 101. The number of methoxy groups -OCH3 is 1. The van der Waals surface area contributed by atoms with E-state index < -0.39 is 0 Å². The quantitative estimate of drug-likeness (QED) is 0.524. The molecule has 0 unspecified atom stereocenters. The highest BCUT2D eigenvalue weighted by molar-refractivity contribution is 4.22. The lowest BCUT2D eigenvalue weighted by molar-refractivity contribution is -0.134. The van der Waals surface area contributed by atoms with Crippen LogP contribution in [0.3, 0.4) is 0 Å². The topological polar surface area (TPSA) is 30.9 Å². The lowest BCUT2D eigenvalue weighted by atomic mass is 10.9. The maximum Gasteiger partial charge on any atom is 0.151 e. The number of hydrogen-bond donors (Lipinski definition) is 0. The molecule has 4 heteroatoms. The van der Waals surface area contributed by atoms with Crippen LogP contribution < -0.4 is 0 Å². The third-order valence-corrected chi connectivity index (χ3v) is 0.717. The Hall–Kier alpha value is -0.160. The highest BCUT2D eigenvalue weighted by atomic mass is 16.7. The summed E-state index contributed by atoms with van der Waals surface area (Å²) >= 11 is 0. The predicted octanol–water partition coefficient (Wildman–Crippen LogP) is 3.92. The molecule has 0 aliphatic carbocycles. The van der Waals surface area contributed by atoms with Crippen molar-refractivity contribution in [1.82, 2.24) is 4.90 Å². The molecular weight excluding hydrogens is 206 g/mol. The van der Waals surface area contributed by atoms with Gasteiger partial charge in [0.05, 0.1) is 0 Å². The van der Waals surface area contributed by atoms with Gasteiger partial charge < -0.3 is 14.2 Å². The zero-order chi connectivity index (χ0) is 7.82. The second kappa shape index (κ2) is 36.4. The summed E-state index contributed by atoms with van der Waals surface area (Å²) in [6, 6.07) is 0. The molecule has 0 aromatic rings. The van der Waals surface area contributed by atoms with Crippen LogP contribution in [0.4, 0.5) is 0 Å². The molecule has 0 radical (unpaired) electrons. The lowest BCUT2D eigenvalue weighted by Crippen LogP contribution is -2.17. The van der Waals surface area contributed by atoms with Gasteiger partial charge in [-0.25, -0.2) is 0 Å². The Labute approximate surface area is 106 Å². The van der Waals surface area contributed by atoms with Crippen LogP contribution >= 0.6 is 0 Å². The van der Waals surface area contributed by atoms with Crippen molar-refractivity contribution >= 4 is 0 Å². The molecule has 0 amide bonds. The Balaban J connectivity index is -0.0000000270. The summed E-state index contributed by atoms with van der Waals surface area (Å²) in [6.07, 6.45) is 0. The lowest BCUT2D eigenvalue weighted by Gasteiger charge is -2.09. The molecule has 0 heterocycles. The van der Waals surface area contributed by atoms with Crippen LogP contribution in [0.25, 0.3) is 0 Å². The minimum Gasteiger partial charge on any atom is -0.359 e. The van der Waals surface area contributed by atoms with Crippen molar-refractivity contribution in [3.63, 3.8) is 0 Å². The van der Waals surface area contributed by atoms with Crippen molar-refractivity contribution in [2.45, 2.75) is 44.6 Å². The Morgan fingerprint density at radius 2 is 1.19 bits per heavy atom. The zero-order valence-electron chi connectivity index (χ0n) is 6.79. The summed E-state index contributed by atoms with van der Waals surface area (Å²) in [5.41, 5.74) is 0. The van der Waals surface area contributed by atoms with Crippen molar-refractivity contribution < 1.29 is 14.2 Å². The maximum absolute atomic E-state index is 5.02. The van der Waals surface area contributed by atoms with Gasteiger partial charge in [0.15, 0.2) is 6.79 Å². The maximum atomic E-state index is 5.02. The van der Waals surface area contributed by atoms with Gasteiger partial charge in [-0.2, -0.15) is 0 Å². The van der Waals surface area contributed by atoms with Crippen LogP contribution in [0.2, 0.25) is 0 Å². The smallest absolute Gasteiger partial charge is 0.151 e. The van der Waals surface area contributed by atoms with Gasteiger partial charge in [-0.3, -0.25) is 4.90 Å². The monoisotopic (exact) mass is 245 g/mol. The number of ether oxygens (including phenoxy) is 3. The molecule has 0 fully saturated rings. The fourth-order valence-electron chi connectivity index (χ4n) is 0.396. The van der Waals surface area contributed by atoms with Crippen LogP contribution in [0.5, 0.6) is 0 Å². The SMILES string of the molecule is C.C.C.C.C.C.COCOCOCN(C)C. The largest absolute Gasteiger partial charge is 0.359 e. The van der Waals surface area contributed by atoms with Crippen molar-refractivity contribution in [3.05, 3.63) is 0 Å². The molecule has 0 saturated carbocycles. The van der Waals surface area contributed by atoms with E-state index in [2.05, 4.69) is 4.74 Å². The Morgan fingerprint density at radius 1 is 0.750 bits per heavy atom. The molecule has 0 aliphatic heterocycles. The third kappa shape index (κ3) is 48.8. The molecule has 0 aromatic heterocycles. The Morgan fingerprint density at radius 3 is 1.50 bits per heavy atom. The molecule has 4 nitrogen and oxygen atoms in total. The third-order valence-electron chi connectivity index (χ3n) is 0.717. The average Bonchev–Trinajstić information content (AvgIpc) is 1.87. The summed E-state index contributed by atoms with van der Waals surface area (Å²) in [5, 5.41) is 0. The summed E-state index contributed by atoms with van der Waals surface area (Å²) in [6.45, 7) is 1.14. The number of rotatable bonds is 6. The van der Waals surface area contributed by atoms with E-state index in [9.17, 15) is 0 Å². The second-order valence-corrected chi connectivity index (χ2v) is 2.14. The van der Waals surface area contributed by atoms with E-state index in [0.29, 0.717) is 6.73 Å². The van der Waals surface area contributed by atoms with Crippen molar-refractivity contribution in [1.29, 1.82) is 0 Å². The number of nitrogens with zero attached hydrogens (tertiary/aromatic N) is 1. The van der Waals surface area contributed by atoms with Crippen LogP contribution in [0.1, 0.15) is 44.6 Å². The van der Waals surface area contributed by atoms with Gasteiger partial charge in [0.1, 0.15) is 13.5 Å². The first-order chi connectivity index (χ1) is 4.77. The van der Waals surface area contributed by atoms with Gasteiger partial charge in [0, 0.05) is 7.11 Å². The van der Waals surface area contributed by atoms with Crippen LogP contribution in [0.15, 0.2) is 0 Å². The second-order valence-electron chi connectivity index (χ2n) is 2.14. The van der Waals surface area contributed by atoms with Gasteiger partial charge in [-0.1, -0.05) is 44.6 Å². The molecule has 110 valence electrons. The summed E-state index contributed by atoms with van der Waals surface area (Å²) in [5.74, 6) is 0. The van der Waals surface area contributed by atoms with Gasteiger partial charge in [-0.05, 0) is 14.1 Å². The summed E-state index contributed by atoms with van der Waals surface area (Å²) < 4.78 is 14.5. The van der Waals surface area contributed by atoms with E-state index in [0.717, 1.165) is 0 Å². The first-order valence-corrected chi connectivity index (χ1v) is 3.06. The molecule has 0 N–H and O–H groups in total. The average molecular weight is 245 g/mol. The molecule has 0 aliphatic rings. The first kappa shape index (κ1) is 44.6. The predicted molar refractivity (Wildman–Crippen MR) is 77.9 cm³/mol. The first-order valence-electron chi connectivity index (χ1n) is 3.06. The molecular formula is C12H39NO3. The summed E-state index contributed by atoms with van der Waals surface area (Å²) in [7, 11) is 5.43. The van der Waals surface area contributed by atoms with Crippen molar-refractivity contribution in [3.8, 4) is 0 Å². The Bertz CT molecular complexity index is 71.3. The molecule has 0 spiro atoms. The minimum atomic E-state index is 0. The van der Waals surface area contributed by atoms with Crippen LogP contribution in [-0.2, 0) is 14.2 Å². The summed E-state index contributed by atoms with van der Waals surface area (Å²) in [4.78, 5) is 1.91. The molecule has 0 rings (SSSR count). The fourth-order valence-corrected chi connectivity index (χ4v) is 0.396. The van der Waals surface area contributed by atoms with Crippen LogP contribution in [0, 0.1) is 0 Å². The standard InChI is InChI=1S/C6H15NO3.6CH4/c1-7(2)4-9-6-10-5-8-3;;;;;;/h4-6H2,1-3H3;6*1H4. The molecule has 16 heavy (non-hydrogen) atoms. The molecule has 0 bridgehead atoms. The minimum absolute atomic E-state index is 0. The van der Waals surface area contributed by atoms with Gasteiger partial charge in [0.25, 0.3) is 0 Å². The zero-order valence-corrected chi connectivity index (χ0v) is 6.79. The highest BCUT2D eigenvalue weighted by Crippen LogP contribution is 1.80. The van der Waals surface area contributed by atoms with E-state index in [1.54, 1.807) is 7.11 Å². The van der Waals surface area contributed by atoms with Crippen molar-refractivity contribution in [2.75, 3.05) is 41.5 Å². The molecule has 0 saturated heterocycles. The number of hydrogen-bond acceptors (Lipinski definition) is 4. The van der Waals surface area contributed by atoms with E-state index in [4.69, 9.17) is 9.47 Å².